The quantitative estimate of drug-likeness (QED) is 0.365. The van der Waals surface area contributed by atoms with Crippen molar-refractivity contribution in [2.75, 3.05) is 6.61 Å². The van der Waals surface area contributed by atoms with Gasteiger partial charge in [-0.05, 0) is 13.3 Å². The number of hydrogen-bond donors (Lipinski definition) is 2. The number of carbonyl (C=O) groups is 1. The maximum atomic E-state index is 10.4. The molecule has 0 aromatic rings. The predicted octanol–water partition coefficient (Wildman–Crippen LogP) is -0.372. The van der Waals surface area contributed by atoms with Gasteiger partial charge < -0.3 is 5.73 Å². The summed E-state index contributed by atoms with van der Waals surface area (Å²) in [4.78, 5) is 10.4. The Morgan fingerprint density at radius 2 is 2.15 bits per heavy atom. The standard InChI is InChI=1S/C6H11NO5S/c1-5(6(7)8)3-2-4-12-13(9,10)11/h3H,2,4H2,1H3,(H2,7,8)(H,9,10,11). The van der Waals surface area contributed by atoms with Crippen LogP contribution < -0.4 is 5.73 Å². The Morgan fingerprint density at radius 1 is 1.62 bits per heavy atom. The van der Waals surface area contributed by atoms with Crippen molar-refractivity contribution in [2.24, 2.45) is 5.73 Å². The molecule has 0 bridgehead atoms. The van der Waals surface area contributed by atoms with Crippen molar-refractivity contribution in [2.45, 2.75) is 13.3 Å². The molecule has 0 spiro atoms. The topological polar surface area (TPSA) is 107 Å². The first kappa shape index (κ1) is 12.1. The summed E-state index contributed by atoms with van der Waals surface area (Å²) < 4.78 is 32.2. The number of primary amides is 1. The highest BCUT2D eigenvalue weighted by molar-refractivity contribution is 7.80. The molecule has 6 nitrogen and oxygen atoms in total. The van der Waals surface area contributed by atoms with Gasteiger partial charge in [-0.1, -0.05) is 6.08 Å². The Hall–Kier alpha value is -0.920. The second-order valence-corrected chi connectivity index (χ2v) is 3.38. The van der Waals surface area contributed by atoms with Crippen LogP contribution in [-0.2, 0) is 19.4 Å². The lowest BCUT2D eigenvalue weighted by Crippen LogP contribution is -2.12. The minimum atomic E-state index is -4.39. The molecule has 0 aromatic carbocycles. The number of carbonyl (C=O) groups excluding carboxylic acids is 1. The normalized spacial score (nSPS) is 12.9. The lowest BCUT2D eigenvalue weighted by molar-refractivity contribution is -0.114. The molecule has 0 radical (unpaired) electrons. The Labute approximate surface area is 76.3 Å². The van der Waals surface area contributed by atoms with Crippen LogP contribution in [0.4, 0.5) is 0 Å². The summed E-state index contributed by atoms with van der Waals surface area (Å²) in [5, 5.41) is 0. The molecule has 0 aliphatic rings. The number of rotatable bonds is 5. The van der Waals surface area contributed by atoms with Gasteiger partial charge in [-0.3, -0.25) is 9.35 Å². The average Bonchev–Trinajstić information content (AvgIpc) is 1.95. The molecule has 0 aliphatic heterocycles. The summed E-state index contributed by atoms with van der Waals surface area (Å²) in [5.74, 6) is -0.577. The third kappa shape index (κ3) is 7.44. The van der Waals surface area contributed by atoms with Crippen LogP contribution in [-0.4, -0.2) is 25.5 Å². The SMILES string of the molecule is CC(=CCCOS(=O)(=O)O)C(N)=O. The first-order valence-corrected chi connectivity index (χ1v) is 4.78. The highest BCUT2D eigenvalue weighted by Gasteiger charge is 2.02. The van der Waals surface area contributed by atoms with Crippen LogP contribution in [0.15, 0.2) is 11.6 Å². The van der Waals surface area contributed by atoms with E-state index in [0.29, 0.717) is 5.57 Å². The number of hydrogen-bond acceptors (Lipinski definition) is 4. The van der Waals surface area contributed by atoms with Crippen molar-refractivity contribution < 1.29 is 21.9 Å². The maximum Gasteiger partial charge on any atom is 0.397 e. The van der Waals surface area contributed by atoms with Crippen LogP contribution in [0, 0.1) is 0 Å². The van der Waals surface area contributed by atoms with Crippen LogP contribution in [0.5, 0.6) is 0 Å². The van der Waals surface area contributed by atoms with Gasteiger partial charge in [0.05, 0.1) is 6.61 Å². The van der Waals surface area contributed by atoms with Crippen molar-refractivity contribution in [3.8, 4) is 0 Å². The molecule has 0 saturated heterocycles. The molecule has 76 valence electrons. The third-order valence-electron chi connectivity index (χ3n) is 1.19. The van der Waals surface area contributed by atoms with Gasteiger partial charge in [0.25, 0.3) is 0 Å². The molecule has 7 heteroatoms. The fraction of sp³-hybridized carbons (Fsp3) is 0.500. The Morgan fingerprint density at radius 3 is 2.54 bits per heavy atom. The highest BCUT2D eigenvalue weighted by Crippen LogP contribution is 1.96. The molecule has 0 fully saturated rings. The zero-order valence-electron chi connectivity index (χ0n) is 7.06. The van der Waals surface area contributed by atoms with Gasteiger partial charge in [0.1, 0.15) is 0 Å². The van der Waals surface area contributed by atoms with Crippen molar-refractivity contribution in [1.82, 2.24) is 0 Å². The minimum Gasteiger partial charge on any atom is -0.366 e. The predicted molar refractivity (Wildman–Crippen MR) is 45.1 cm³/mol. The van der Waals surface area contributed by atoms with Crippen LogP contribution in [0.2, 0.25) is 0 Å². The zero-order valence-corrected chi connectivity index (χ0v) is 7.87. The van der Waals surface area contributed by atoms with Crippen molar-refractivity contribution in [1.29, 1.82) is 0 Å². The number of amides is 1. The van der Waals surface area contributed by atoms with E-state index in [2.05, 4.69) is 4.18 Å². The van der Waals surface area contributed by atoms with Crippen molar-refractivity contribution in [3.63, 3.8) is 0 Å². The van der Waals surface area contributed by atoms with E-state index in [9.17, 15) is 13.2 Å². The fourth-order valence-electron chi connectivity index (χ4n) is 0.529. The summed E-state index contributed by atoms with van der Waals surface area (Å²) in [6, 6.07) is 0. The van der Waals surface area contributed by atoms with E-state index in [-0.39, 0.29) is 13.0 Å². The Kier molecular flexibility index (Phi) is 4.60. The molecule has 0 aromatic heterocycles. The van der Waals surface area contributed by atoms with Gasteiger partial charge in [-0.15, -0.1) is 0 Å². The molecule has 0 aliphatic carbocycles. The van der Waals surface area contributed by atoms with Gasteiger partial charge >= 0.3 is 10.4 Å². The molecular weight excluding hydrogens is 198 g/mol. The lowest BCUT2D eigenvalue weighted by atomic mass is 10.2. The summed E-state index contributed by atoms with van der Waals surface area (Å²) in [7, 11) is -4.39. The van der Waals surface area contributed by atoms with Gasteiger partial charge in [-0.25, -0.2) is 4.18 Å². The smallest absolute Gasteiger partial charge is 0.366 e. The van der Waals surface area contributed by atoms with E-state index in [0.717, 1.165) is 0 Å². The van der Waals surface area contributed by atoms with E-state index in [1.807, 2.05) is 0 Å². The molecule has 0 heterocycles. The van der Waals surface area contributed by atoms with E-state index < -0.39 is 16.3 Å². The summed E-state index contributed by atoms with van der Waals surface area (Å²) in [5.41, 5.74) is 5.21. The monoisotopic (exact) mass is 209 g/mol. The Bertz CT molecular complexity index is 305. The van der Waals surface area contributed by atoms with Gasteiger partial charge in [-0.2, -0.15) is 8.42 Å². The van der Waals surface area contributed by atoms with Crippen LogP contribution >= 0.6 is 0 Å². The van der Waals surface area contributed by atoms with E-state index in [4.69, 9.17) is 10.3 Å². The first-order chi connectivity index (χ1) is 5.83. The molecule has 3 N–H and O–H groups in total. The first-order valence-electron chi connectivity index (χ1n) is 3.41. The molecule has 0 unspecified atom stereocenters. The van der Waals surface area contributed by atoms with E-state index >= 15 is 0 Å². The molecule has 0 saturated carbocycles. The van der Waals surface area contributed by atoms with Crippen LogP contribution in [0.3, 0.4) is 0 Å². The lowest BCUT2D eigenvalue weighted by Gasteiger charge is -1.96. The maximum absolute atomic E-state index is 10.4. The van der Waals surface area contributed by atoms with Crippen molar-refractivity contribution >= 4 is 16.3 Å². The summed E-state index contributed by atoms with van der Waals surface area (Å²) in [6.45, 7) is 1.28. The molecule has 13 heavy (non-hydrogen) atoms. The van der Waals surface area contributed by atoms with Gasteiger partial charge in [0.15, 0.2) is 0 Å². The van der Waals surface area contributed by atoms with E-state index in [1.54, 1.807) is 0 Å². The summed E-state index contributed by atoms with van der Waals surface area (Å²) >= 11 is 0. The second-order valence-electron chi connectivity index (χ2n) is 2.29. The third-order valence-corrected chi connectivity index (χ3v) is 1.65. The van der Waals surface area contributed by atoms with Gasteiger partial charge in [0, 0.05) is 5.57 Å². The molecular formula is C6H11NO5S. The molecule has 0 rings (SSSR count). The zero-order chi connectivity index (χ0) is 10.5. The van der Waals surface area contributed by atoms with Crippen molar-refractivity contribution in [3.05, 3.63) is 11.6 Å². The largest absolute Gasteiger partial charge is 0.397 e. The second kappa shape index (κ2) is 4.95. The molecule has 0 atom stereocenters. The highest BCUT2D eigenvalue weighted by atomic mass is 32.3. The minimum absolute atomic E-state index is 0.189. The van der Waals surface area contributed by atoms with Crippen LogP contribution in [0.1, 0.15) is 13.3 Å². The van der Waals surface area contributed by atoms with Gasteiger partial charge in [0.2, 0.25) is 5.91 Å². The van der Waals surface area contributed by atoms with Crippen LogP contribution in [0.25, 0.3) is 0 Å². The Balaban J connectivity index is 3.81. The molecule has 1 amide bonds. The van der Waals surface area contributed by atoms with E-state index in [1.165, 1.54) is 13.0 Å². The average molecular weight is 209 g/mol. The fourth-order valence-corrected chi connectivity index (χ4v) is 0.836. The number of nitrogens with two attached hydrogens (primary N) is 1. The summed E-state index contributed by atoms with van der Waals surface area (Å²) in [6.07, 6.45) is 1.61.